The molecule has 2 aromatic carbocycles. The number of aromatic hydroxyl groups is 1. The number of aryl methyl sites for hydroxylation is 2. The van der Waals surface area contributed by atoms with Gasteiger partial charge in [0.1, 0.15) is 5.75 Å². The average Bonchev–Trinajstić information content (AvgIpc) is 2.79. The molecule has 7 heteroatoms. The Labute approximate surface area is 137 Å². The summed E-state index contributed by atoms with van der Waals surface area (Å²) in [5, 5.41) is 13.5. The van der Waals surface area contributed by atoms with Crippen molar-refractivity contribution in [2.45, 2.75) is 0 Å². The van der Waals surface area contributed by atoms with E-state index in [0.717, 1.165) is 16.6 Å². The van der Waals surface area contributed by atoms with Crippen LogP contribution in [-0.4, -0.2) is 26.4 Å². The van der Waals surface area contributed by atoms with Crippen molar-refractivity contribution < 1.29 is 9.90 Å². The Morgan fingerprint density at radius 2 is 1.83 bits per heavy atom. The van der Waals surface area contributed by atoms with Crippen molar-refractivity contribution in [2.75, 3.05) is 0 Å². The monoisotopic (exact) mass is 324 g/mol. The number of carbonyl (C=O) groups excluding carboxylic acids is 1. The number of amides is 1. The lowest BCUT2D eigenvalue weighted by Gasteiger charge is -2.02. The molecule has 122 valence electrons. The van der Waals surface area contributed by atoms with Crippen LogP contribution in [0, 0.1) is 0 Å². The van der Waals surface area contributed by atoms with Crippen molar-refractivity contribution in [1.82, 2.24) is 14.6 Å². The number of fused-ring (bicyclic) bond motifs is 1. The fraction of sp³-hybridized carbons (Fsp3) is 0.118. The Bertz CT molecular complexity index is 1010. The Hall–Kier alpha value is -3.35. The first kappa shape index (κ1) is 15.5. The third-order valence-corrected chi connectivity index (χ3v) is 3.82. The first-order valence-corrected chi connectivity index (χ1v) is 7.26. The van der Waals surface area contributed by atoms with Crippen LogP contribution in [-0.2, 0) is 14.1 Å². The maximum absolute atomic E-state index is 11.9. The zero-order valence-electron chi connectivity index (χ0n) is 13.2. The summed E-state index contributed by atoms with van der Waals surface area (Å²) in [5.41, 5.74) is 4.74. The molecule has 0 saturated heterocycles. The van der Waals surface area contributed by atoms with Crippen molar-refractivity contribution in [1.29, 1.82) is 0 Å². The lowest BCUT2D eigenvalue weighted by Crippen LogP contribution is -2.19. The number of nitrogens with zero attached hydrogens (tertiary/aromatic N) is 3. The quantitative estimate of drug-likeness (QED) is 0.563. The van der Waals surface area contributed by atoms with E-state index >= 15 is 0 Å². The van der Waals surface area contributed by atoms with Crippen LogP contribution >= 0.6 is 0 Å². The molecule has 0 spiro atoms. The molecule has 0 bridgehead atoms. The summed E-state index contributed by atoms with van der Waals surface area (Å²) in [4.78, 5) is 23.8. The lowest BCUT2D eigenvalue weighted by molar-refractivity contribution is 0.0952. The first-order valence-electron chi connectivity index (χ1n) is 7.26. The van der Waals surface area contributed by atoms with E-state index in [4.69, 9.17) is 0 Å². The van der Waals surface area contributed by atoms with Crippen LogP contribution < -0.4 is 11.1 Å². The van der Waals surface area contributed by atoms with E-state index in [1.165, 1.54) is 18.3 Å². The Morgan fingerprint density at radius 3 is 2.58 bits per heavy atom. The maximum atomic E-state index is 11.9. The second kappa shape index (κ2) is 6.04. The fourth-order valence-electron chi connectivity index (χ4n) is 2.50. The molecule has 0 radical (unpaired) electrons. The zero-order valence-corrected chi connectivity index (χ0v) is 13.2. The molecule has 0 atom stereocenters. The molecule has 0 unspecified atom stereocenters. The average molecular weight is 324 g/mol. The van der Waals surface area contributed by atoms with Crippen LogP contribution in [0.4, 0.5) is 0 Å². The summed E-state index contributed by atoms with van der Waals surface area (Å²) in [5.74, 6) is -0.608. The van der Waals surface area contributed by atoms with Crippen LogP contribution in [0.25, 0.3) is 11.0 Å². The highest BCUT2D eigenvalue weighted by Crippen LogP contribution is 2.15. The van der Waals surface area contributed by atoms with Crippen molar-refractivity contribution in [2.24, 2.45) is 19.2 Å². The molecule has 0 aliphatic rings. The van der Waals surface area contributed by atoms with Gasteiger partial charge in [-0.2, -0.15) is 5.10 Å². The molecule has 0 aliphatic carbocycles. The summed E-state index contributed by atoms with van der Waals surface area (Å²) in [6.45, 7) is 0. The molecule has 1 heterocycles. The van der Waals surface area contributed by atoms with Crippen LogP contribution in [0.5, 0.6) is 5.75 Å². The van der Waals surface area contributed by atoms with Crippen molar-refractivity contribution in [3.8, 4) is 5.75 Å². The van der Waals surface area contributed by atoms with Gasteiger partial charge in [-0.3, -0.25) is 13.9 Å². The van der Waals surface area contributed by atoms with E-state index in [0.29, 0.717) is 0 Å². The van der Waals surface area contributed by atoms with Crippen LogP contribution in [0.1, 0.15) is 15.9 Å². The fourth-order valence-corrected chi connectivity index (χ4v) is 2.50. The molecule has 1 aromatic heterocycles. The summed E-state index contributed by atoms with van der Waals surface area (Å²) < 4.78 is 3.11. The van der Waals surface area contributed by atoms with Crippen LogP contribution in [0.2, 0.25) is 0 Å². The number of hydrazone groups is 1. The van der Waals surface area contributed by atoms with Gasteiger partial charge in [-0.05, 0) is 29.8 Å². The van der Waals surface area contributed by atoms with Gasteiger partial charge in [0.05, 0.1) is 22.8 Å². The third kappa shape index (κ3) is 2.67. The van der Waals surface area contributed by atoms with Crippen molar-refractivity contribution in [3.05, 3.63) is 64.1 Å². The minimum Gasteiger partial charge on any atom is -0.507 e. The molecule has 3 aromatic rings. The molecule has 0 saturated carbocycles. The highest BCUT2D eigenvalue weighted by atomic mass is 16.3. The number of benzene rings is 2. The second-order valence-corrected chi connectivity index (χ2v) is 5.37. The van der Waals surface area contributed by atoms with E-state index in [1.807, 2.05) is 12.1 Å². The second-order valence-electron chi connectivity index (χ2n) is 5.37. The van der Waals surface area contributed by atoms with Crippen molar-refractivity contribution in [3.63, 3.8) is 0 Å². The number of nitrogens with one attached hydrogen (secondary N) is 1. The van der Waals surface area contributed by atoms with Gasteiger partial charge in [-0.15, -0.1) is 0 Å². The number of hydrogen-bond donors (Lipinski definition) is 2. The molecular weight excluding hydrogens is 308 g/mol. The predicted octanol–water partition coefficient (Wildman–Crippen LogP) is 1.35. The molecule has 2 N–H and O–H groups in total. The van der Waals surface area contributed by atoms with Gasteiger partial charge in [-0.25, -0.2) is 10.2 Å². The number of para-hydroxylation sites is 1. The minimum atomic E-state index is -0.502. The van der Waals surface area contributed by atoms with E-state index in [9.17, 15) is 14.7 Å². The van der Waals surface area contributed by atoms with Gasteiger partial charge >= 0.3 is 5.69 Å². The lowest BCUT2D eigenvalue weighted by atomic mass is 10.2. The predicted molar refractivity (Wildman–Crippen MR) is 91.3 cm³/mol. The van der Waals surface area contributed by atoms with Crippen LogP contribution in [0.3, 0.4) is 0 Å². The molecule has 0 fully saturated rings. The van der Waals surface area contributed by atoms with Gasteiger partial charge in [0.2, 0.25) is 0 Å². The number of phenols is 1. The molecule has 24 heavy (non-hydrogen) atoms. The Balaban J connectivity index is 1.81. The van der Waals surface area contributed by atoms with Crippen LogP contribution in [0.15, 0.2) is 52.4 Å². The molecular formula is C17H16N4O3. The Morgan fingerprint density at radius 1 is 1.12 bits per heavy atom. The van der Waals surface area contributed by atoms with Gasteiger partial charge in [0, 0.05) is 14.1 Å². The highest BCUT2D eigenvalue weighted by Gasteiger charge is 2.09. The number of aromatic nitrogens is 2. The summed E-state index contributed by atoms with van der Waals surface area (Å²) in [7, 11) is 3.41. The van der Waals surface area contributed by atoms with Gasteiger partial charge < -0.3 is 5.11 Å². The Kier molecular flexibility index (Phi) is 3.91. The van der Waals surface area contributed by atoms with E-state index in [-0.39, 0.29) is 17.0 Å². The number of phenolic OH excluding ortho intramolecular Hbond substituents is 1. The normalized spacial score (nSPS) is 11.2. The summed E-state index contributed by atoms with van der Waals surface area (Å²) in [6, 6.07) is 11.7. The third-order valence-electron chi connectivity index (χ3n) is 3.82. The standard InChI is InChI=1S/C17H16N4O3/c1-20-13-8-7-11(9-14(13)21(2)17(20)24)10-18-19-16(23)12-5-3-4-6-15(12)22/h3-10,22H,1-2H3,(H,19,23)/b18-10+. The van der Waals surface area contributed by atoms with E-state index in [2.05, 4.69) is 10.5 Å². The molecule has 3 rings (SSSR count). The first-order chi connectivity index (χ1) is 11.5. The summed E-state index contributed by atoms with van der Waals surface area (Å²) >= 11 is 0. The zero-order chi connectivity index (χ0) is 17.3. The van der Waals surface area contributed by atoms with E-state index < -0.39 is 5.91 Å². The number of rotatable bonds is 3. The minimum absolute atomic E-state index is 0.105. The van der Waals surface area contributed by atoms with E-state index in [1.54, 1.807) is 41.4 Å². The van der Waals surface area contributed by atoms with Gasteiger partial charge in [0.25, 0.3) is 5.91 Å². The maximum Gasteiger partial charge on any atom is 0.328 e. The smallest absolute Gasteiger partial charge is 0.328 e. The largest absolute Gasteiger partial charge is 0.507 e. The molecule has 0 aliphatic heterocycles. The van der Waals surface area contributed by atoms with Gasteiger partial charge in [-0.1, -0.05) is 18.2 Å². The van der Waals surface area contributed by atoms with Gasteiger partial charge in [0.15, 0.2) is 0 Å². The number of imidazole rings is 1. The highest BCUT2D eigenvalue weighted by molar-refractivity contribution is 5.97. The van der Waals surface area contributed by atoms with Crippen molar-refractivity contribution >= 4 is 23.2 Å². The number of hydrogen-bond acceptors (Lipinski definition) is 4. The molecule has 7 nitrogen and oxygen atoms in total. The molecule has 1 amide bonds. The SMILES string of the molecule is Cn1c(=O)n(C)c2cc(/C=N/NC(=O)c3ccccc3O)ccc21. The summed E-state index contributed by atoms with van der Waals surface area (Å²) in [6.07, 6.45) is 1.48. The topological polar surface area (TPSA) is 88.6 Å². The number of carbonyl (C=O) groups is 1.